The smallest absolute Gasteiger partial charge is 0.200 e. The van der Waals surface area contributed by atoms with E-state index in [1.54, 1.807) is 0 Å². The number of aliphatic imine (C=N–C) groups is 1. The highest BCUT2D eigenvalue weighted by molar-refractivity contribution is 6.39. The number of nitrogens with one attached hydrogen (secondary N) is 1. The van der Waals surface area contributed by atoms with Crippen LogP contribution in [0.5, 0.6) is 0 Å². The van der Waals surface area contributed by atoms with Crippen molar-refractivity contribution in [3.05, 3.63) is 12.2 Å². The molecule has 1 N–H and O–H groups in total. The molecule has 150 valence electrons. The van der Waals surface area contributed by atoms with Gasteiger partial charge in [0.15, 0.2) is 11.6 Å². The average Bonchev–Trinajstić information content (AvgIpc) is 3.19. The van der Waals surface area contributed by atoms with E-state index in [9.17, 15) is 4.79 Å². The summed E-state index contributed by atoms with van der Waals surface area (Å²) in [5, 5.41) is 3.12. The van der Waals surface area contributed by atoms with E-state index < -0.39 is 0 Å². The van der Waals surface area contributed by atoms with Gasteiger partial charge in [0.05, 0.1) is 6.54 Å². The van der Waals surface area contributed by atoms with Crippen LogP contribution in [0.1, 0.15) is 104 Å². The second-order valence-electron chi connectivity index (χ2n) is 7.65. The van der Waals surface area contributed by atoms with Gasteiger partial charge in [0.2, 0.25) is 0 Å². The molecule has 1 atom stereocenters. The maximum atomic E-state index is 12.3. The van der Waals surface area contributed by atoms with Crippen LogP contribution in [0.4, 0.5) is 0 Å². The fourth-order valence-corrected chi connectivity index (χ4v) is 3.56. The van der Waals surface area contributed by atoms with E-state index in [2.05, 4.69) is 36.3 Å². The van der Waals surface area contributed by atoms with Crippen molar-refractivity contribution in [3.63, 3.8) is 0 Å². The van der Waals surface area contributed by atoms with E-state index in [0.29, 0.717) is 5.84 Å². The summed E-state index contributed by atoms with van der Waals surface area (Å²) in [6.45, 7) is 5.97. The number of ketones is 1. The Kier molecular flexibility index (Phi) is 14.2. The predicted octanol–water partition coefficient (Wildman–Crippen LogP) is 6.23. The highest BCUT2D eigenvalue weighted by atomic mass is 16.1. The van der Waals surface area contributed by atoms with E-state index in [4.69, 9.17) is 0 Å². The second kappa shape index (κ2) is 16.1. The molecule has 0 amide bonds. The summed E-state index contributed by atoms with van der Waals surface area (Å²) < 4.78 is 0. The number of allylic oxidation sites excluding steroid dienone is 2. The van der Waals surface area contributed by atoms with Crippen molar-refractivity contribution in [2.45, 2.75) is 104 Å². The molecule has 0 radical (unpaired) electrons. The van der Waals surface area contributed by atoms with Gasteiger partial charge in [-0.05, 0) is 38.5 Å². The van der Waals surface area contributed by atoms with Crippen molar-refractivity contribution in [1.82, 2.24) is 5.32 Å². The molecule has 0 bridgehead atoms. The number of unbranched alkanes of at least 4 members (excludes halogenated alkanes) is 10. The fraction of sp³-hybridized carbons (Fsp3) is 0.826. The lowest BCUT2D eigenvalue weighted by Crippen LogP contribution is -2.32. The van der Waals surface area contributed by atoms with Gasteiger partial charge in [0.1, 0.15) is 0 Å². The van der Waals surface area contributed by atoms with Gasteiger partial charge in [-0.25, -0.2) is 0 Å². The van der Waals surface area contributed by atoms with Gasteiger partial charge < -0.3 is 5.32 Å². The first-order valence-corrected chi connectivity index (χ1v) is 11.3. The number of carbonyl (C=O) groups excluding carboxylic acids is 1. The topological polar surface area (TPSA) is 41.5 Å². The monoisotopic (exact) mass is 362 g/mol. The molecule has 0 aromatic heterocycles. The first-order valence-electron chi connectivity index (χ1n) is 11.3. The molecule has 0 saturated heterocycles. The number of hydrogen-bond donors (Lipinski definition) is 1. The van der Waals surface area contributed by atoms with Crippen molar-refractivity contribution in [2.75, 3.05) is 13.1 Å². The lowest BCUT2D eigenvalue weighted by molar-refractivity contribution is -0.117. The van der Waals surface area contributed by atoms with E-state index in [1.165, 1.54) is 77.0 Å². The van der Waals surface area contributed by atoms with E-state index in [0.717, 1.165) is 25.9 Å². The molecular formula is C23H42N2O. The first kappa shape index (κ1) is 22.9. The minimum atomic E-state index is 0.163. The lowest BCUT2D eigenvalue weighted by atomic mass is 9.93. The van der Waals surface area contributed by atoms with Gasteiger partial charge in [-0.1, -0.05) is 77.4 Å². The molecule has 3 heteroatoms. The van der Waals surface area contributed by atoms with Crippen LogP contribution in [0, 0.1) is 5.92 Å². The van der Waals surface area contributed by atoms with Crippen LogP contribution in [0.3, 0.4) is 0 Å². The quantitative estimate of drug-likeness (QED) is 0.246. The van der Waals surface area contributed by atoms with E-state index >= 15 is 0 Å². The summed E-state index contributed by atoms with van der Waals surface area (Å²) >= 11 is 0. The van der Waals surface area contributed by atoms with Gasteiger partial charge in [0, 0.05) is 12.5 Å². The number of Topliss-reactive ketones (excluding diaryl/α,β-unsaturated/α-hetero) is 1. The molecule has 26 heavy (non-hydrogen) atoms. The second-order valence-corrected chi connectivity index (χ2v) is 7.65. The normalized spacial score (nSPS) is 15.2. The van der Waals surface area contributed by atoms with Gasteiger partial charge in [0.25, 0.3) is 0 Å². The summed E-state index contributed by atoms with van der Waals surface area (Å²) in [6.07, 6.45) is 22.4. The molecule has 1 rings (SSSR count). The van der Waals surface area contributed by atoms with Crippen LogP contribution < -0.4 is 5.32 Å². The number of amidine groups is 1. The van der Waals surface area contributed by atoms with Crippen LogP contribution in [-0.4, -0.2) is 24.7 Å². The summed E-state index contributed by atoms with van der Waals surface area (Å²) in [7, 11) is 0. The van der Waals surface area contributed by atoms with Crippen LogP contribution in [-0.2, 0) is 4.79 Å². The SMILES string of the molecule is CCCCCCCCC=CCCCCCCC(CC)C(=O)C1=NCCN1. The van der Waals surface area contributed by atoms with Crippen molar-refractivity contribution in [2.24, 2.45) is 10.9 Å². The van der Waals surface area contributed by atoms with Crippen LogP contribution in [0.25, 0.3) is 0 Å². The minimum absolute atomic E-state index is 0.163. The Morgan fingerprint density at radius 1 is 0.962 bits per heavy atom. The fourth-order valence-electron chi connectivity index (χ4n) is 3.56. The molecule has 1 aliphatic rings. The molecule has 1 heterocycles. The number of rotatable bonds is 17. The summed E-state index contributed by atoms with van der Waals surface area (Å²) in [5.74, 6) is 1.03. The zero-order valence-corrected chi connectivity index (χ0v) is 17.4. The maximum absolute atomic E-state index is 12.3. The van der Waals surface area contributed by atoms with Gasteiger partial charge in [-0.3, -0.25) is 9.79 Å². The zero-order valence-electron chi connectivity index (χ0n) is 17.4. The molecule has 3 nitrogen and oxygen atoms in total. The van der Waals surface area contributed by atoms with E-state index in [-0.39, 0.29) is 11.7 Å². The largest absolute Gasteiger partial charge is 0.366 e. The predicted molar refractivity (Wildman–Crippen MR) is 114 cm³/mol. The molecule has 0 aromatic carbocycles. The molecule has 0 fully saturated rings. The van der Waals surface area contributed by atoms with Crippen molar-refractivity contribution >= 4 is 11.6 Å². The molecule has 0 spiro atoms. The minimum Gasteiger partial charge on any atom is -0.366 e. The van der Waals surface area contributed by atoms with Crippen molar-refractivity contribution in [3.8, 4) is 0 Å². The Balaban J connectivity index is 1.93. The molecule has 0 saturated carbocycles. The van der Waals surface area contributed by atoms with Gasteiger partial charge in [-0.2, -0.15) is 0 Å². The van der Waals surface area contributed by atoms with Crippen molar-refractivity contribution in [1.29, 1.82) is 0 Å². The molecule has 1 aliphatic heterocycles. The Hall–Kier alpha value is -1.12. The van der Waals surface area contributed by atoms with Gasteiger partial charge in [-0.15, -0.1) is 0 Å². The third-order valence-corrected chi connectivity index (χ3v) is 5.34. The van der Waals surface area contributed by atoms with Crippen LogP contribution in [0.15, 0.2) is 17.1 Å². The maximum Gasteiger partial charge on any atom is 0.200 e. The van der Waals surface area contributed by atoms with Crippen LogP contribution >= 0.6 is 0 Å². The molecule has 1 unspecified atom stereocenters. The van der Waals surface area contributed by atoms with Gasteiger partial charge >= 0.3 is 0 Å². The number of carbonyl (C=O) groups is 1. The lowest BCUT2D eigenvalue weighted by Gasteiger charge is -2.13. The highest BCUT2D eigenvalue weighted by Crippen LogP contribution is 2.17. The molecule has 0 aromatic rings. The highest BCUT2D eigenvalue weighted by Gasteiger charge is 2.22. The molecular weight excluding hydrogens is 320 g/mol. The Morgan fingerprint density at radius 2 is 1.58 bits per heavy atom. The third kappa shape index (κ3) is 10.8. The first-order chi connectivity index (χ1) is 12.8. The summed E-state index contributed by atoms with van der Waals surface area (Å²) in [6, 6.07) is 0. The number of nitrogens with zero attached hydrogens (tertiary/aromatic N) is 1. The zero-order chi connectivity index (χ0) is 18.9. The average molecular weight is 363 g/mol. The molecule has 0 aliphatic carbocycles. The summed E-state index contributed by atoms with van der Waals surface area (Å²) in [4.78, 5) is 16.6. The van der Waals surface area contributed by atoms with Crippen LogP contribution in [0.2, 0.25) is 0 Å². The van der Waals surface area contributed by atoms with E-state index in [1.807, 2.05) is 0 Å². The third-order valence-electron chi connectivity index (χ3n) is 5.34. The Labute approximate surface area is 162 Å². The Bertz CT molecular complexity index is 414. The Morgan fingerprint density at radius 3 is 2.15 bits per heavy atom. The standard InChI is InChI=1S/C23H42N2O/c1-3-5-6-7-8-9-10-11-12-13-14-15-16-17-18-21(4-2)22(26)23-24-19-20-25-23/h11-12,21H,3-10,13-20H2,1-2H3,(H,24,25). The summed E-state index contributed by atoms with van der Waals surface area (Å²) in [5.41, 5.74) is 0. The van der Waals surface area contributed by atoms with Crippen molar-refractivity contribution < 1.29 is 4.79 Å². The number of hydrogen-bond acceptors (Lipinski definition) is 3.